The normalized spacial score (nSPS) is 12.7. The fourth-order valence-corrected chi connectivity index (χ4v) is 5.13. The summed E-state index contributed by atoms with van der Waals surface area (Å²) in [6.45, 7) is -0.207. The monoisotopic (exact) mass is 469 g/mol. The highest BCUT2D eigenvalue weighted by Gasteiger charge is 2.38. The van der Waals surface area contributed by atoms with E-state index >= 15 is 0 Å². The van der Waals surface area contributed by atoms with Gasteiger partial charge in [-0.25, -0.2) is 17.6 Å². The minimum Gasteiger partial charge on any atom is -0.508 e. The molecule has 8 nitrogen and oxygen atoms in total. The molecule has 0 fully saturated rings. The Labute approximate surface area is 189 Å². The summed E-state index contributed by atoms with van der Waals surface area (Å²) in [5.41, 5.74) is 1.64. The first kappa shape index (κ1) is 22.5. The van der Waals surface area contributed by atoms with Crippen molar-refractivity contribution in [3.63, 3.8) is 0 Å². The number of halogens is 1. The molecule has 0 saturated carbocycles. The van der Waals surface area contributed by atoms with Crippen LogP contribution in [0.4, 0.5) is 4.39 Å². The Hall–Kier alpha value is -3.73. The van der Waals surface area contributed by atoms with E-state index in [1.165, 1.54) is 36.4 Å². The van der Waals surface area contributed by atoms with Gasteiger partial charge in [-0.2, -0.15) is 10.2 Å². The fraction of sp³-hybridized carbons (Fsp3) is 0.0870. The molecule has 0 aliphatic carbocycles. The molecule has 4 N–H and O–H groups in total. The van der Waals surface area contributed by atoms with Gasteiger partial charge in [0.2, 0.25) is 10.0 Å². The highest BCUT2D eigenvalue weighted by atomic mass is 32.2. The van der Waals surface area contributed by atoms with Crippen molar-refractivity contribution in [3.05, 3.63) is 95.9 Å². The van der Waals surface area contributed by atoms with Crippen LogP contribution in [0.5, 0.6) is 5.75 Å². The Kier molecular flexibility index (Phi) is 6.14. The number of aromatic nitrogens is 1. The number of fused-ring (bicyclic) bond motifs is 1. The second-order valence-corrected chi connectivity index (χ2v) is 9.22. The maximum Gasteiger partial charge on any atom is 0.347 e. The Morgan fingerprint density at radius 3 is 2.42 bits per heavy atom. The Balaban J connectivity index is 1.86. The lowest BCUT2D eigenvalue weighted by Crippen LogP contribution is -2.40. The van der Waals surface area contributed by atoms with Gasteiger partial charge in [-0.15, -0.1) is 0 Å². The molecule has 1 aromatic heterocycles. The van der Waals surface area contributed by atoms with Crippen LogP contribution in [0.15, 0.2) is 83.9 Å². The van der Waals surface area contributed by atoms with E-state index in [2.05, 4.69) is 9.82 Å². The zero-order valence-electron chi connectivity index (χ0n) is 17.2. The third-order valence-corrected chi connectivity index (χ3v) is 7.04. The number of hydrogen-bond acceptors (Lipinski definition) is 6. The number of nitrogens with one attached hydrogen (secondary N) is 1. The number of rotatable bonds is 7. The Morgan fingerprint density at radius 2 is 1.76 bits per heavy atom. The second kappa shape index (κ2) is 9.02. The molecule has 0 radical (unpaired) electrons. The Morgan fingerprint density at radius 1 is 1.06 bits per heavy atom. The SMILES string of the molecule is NOC(=O)C(c1ccc(F)cc1)N(Cc1ccc2[nH]ccc2c1)S(=O)(=O)c1ccc(O)cc1. The molecule has 0 amide bonds. The molecule has 0 bridgehead atoms. The lowest BCUT2D eigenvalue weighted by molar-refractivity contribution is -0.149. The predicted molar refractivity (Wildman–Crippen MR) is 119 cm³/mol. The lowest BCUT2D eigenvalue weighted by Gasteiger charge is -2.29. The first-order chi connectivity index (χ1) is 15.8. The van der Waals surface area contributed by atoms with Gasteiger partial charge in [-0.3, -0.25) is 0 Å². The van der Waals surface area contributed by atoms with Crippen LogP contribution in [-0.2, 0) is 26.2 Å². The van der Waals surface area contributed by atoms with Crippen molar-refractivity contribution >= 4 is 26.9 Å². The molecule has 170 valence electrons. The van der Waals surface area contributed by atoms with Crippen molar-refractivity contribution in [3.8, 4) is 5.75 Å². The average Bonchev–Trinajstić information content (AvgIpc) is 3.28. The van der Waals surface area contributed by atoms with Crippen molar-refractivity contribution in [1.82, 2.24) is 9.29 Å². The van der Waals surface area contributed by atoms with E-state index in [0.717, 1.165) is 27.3 Å². The number of carbonyl (C=O) groups is 1. The quantitative estimate of drug-likeness (QED) is 0.357. The number of nitrogens with zero attached hydrogens (tertiary/aromatic N) is 1. The number of sulfonamides is 1. The smallest absolute Gasteiger partial charge is 0.347 e. The van der Waals surface area contributed by atoms with Gasteiger partial charge >= 0.3 is 5.97 Å². The van der Waals surface area contributed by atoms with Gasteiger partial charge in [0.15, 0.2) is 0 Å². The van der Waals surface area contributed by atoms with Crippen molar-refractivity contribution in [2.45, 2.75) is 17.5 Å². The lowest BCUT2D eigenvalue weighted by atomic mass is 10.1. The highest BCUT2D eigenvalue weighted by molar-refractivity contribution is 7.89. The molecule has 4 aromatic rings. The van der Waals surface area contributed by atoms with Gasteiger partial charge in [0.05, 0.1) is 4.90 Å². The van der Waals surface area contributed by atoms with Crippen LogP contribution < -0.4 is 5.90 Å². The molecular weight excluding hydrogens is 449 g/mol. The number of phenols is 1. The zero-order valence-corrected chi connectivity index (χ0v) is 18.0. The van der Waals surface area contributed by atoms with E-state index in [0.29, 0.717) is 5.56 Å². The van der Waals surface area contributed by atoms with Gasteiger partial charge in [0.1, 0.15) is 17.6 Å². The molecule has 0 spiro atoms. The zero-order chi connectivity index (χ0) is 23.6. The molecular formula is C23H20FN3O5S. The predicted octanol–water partition coefficient (Wildman–Crippen LogP) is 3.36. The minimum atomic E-state index is -4.30. The summed E-state index contributed by atoms with van der Waals surface area (Å²) < 4.78 is 41.8. The van der Waals surface area contributed by atoms with Crippen LogP contribution in [0.1, 0.15) is 17.2 Å². The molecule has 33 heavy (non-hydrogen) atoms. The summed E-state index contributed by atoms with van der Waals surface area (Å²) in [4.78, 5) is 20.1. The van der Waals surface area contributed by atoms with Gasteiger partial charge in [-0.1, -0.05) is 18.2 Å². The van der Waals surface area contributed by atoms with E-state index in [9.17, 15) is 22.7 Å². The molecule has 0 aliphatic heterocycles. The van der Waals surface area contributed by atoms with E-state index in [-0.39, 0.29) is 22.8 Å². The summed E-state index contributed by atoms with van der Waals surface area (Å²) in [7, 11) is -4.30. The van der Waals surface area contributed by atoms with E-state index < -0.39 is 27.9 Å². The van der Waals surface area contributed by atoms with E-state index in [1.54, 1.807) is 24.4 Å². The van der Waals surface area contributed by atoms with Crippen molar-refractivity contribution in [2.75, 3.05) is 0 Å². The molecule has 0 aliphatic rings. The first-order valence-corrected chi connectivity index (χ1v) is 11.3. The number of nitrogens with two attached hydrogens (primary N) is 1. The molecule has 1 heterocycles. The topological polar surface area (TPSA) is 126 Å². The van der Waals surface area contributed by atoms with Gasteiger partial charge in [0, 0.05) is 18.3 Å². The number of hydrogen-bond donors (Lipinski definition) is 3. The number of carbonyl (C=O) groups excluding carboxylic acids is 1. The number of H-pyrrole nitrogens is 1. The standard InChI is InChI=1S/C23H20FN3O5S/c24-18-4-2-16(3-5-18)22(23(29)32-25)27(33(30,31)20-8-6-19(28)7-9-20)14-15-1-10-21-17(13-15)11-12-26-21/h1-13,22,26,28H,14,25H2. The van der Waals surface area contributed by atoms with Crippen molar-refractivity contribution in [1.29, 1.82) is 0 Å². The molecule has 10 heteroatoms. The number of aromatic amines is 1. The first-order valence-electron chi connectivity index (χ1n) is 9.82. The van der Waals surface area contributed by atoms with Crippen LogP contribution in [-0.4, -0.2) is 28.8 Å². The fourth-order valence-electron chi connectivity index (χ4n) is 3.58. The minimum absolute atomic E-state index is 0.116. The number of phenolic OH excluding ortho intramolecular Hbond substituents is 1. The summed E-state index contributed by atoms with van der Waals surface area (Å²) >= 11 is 0. The molecule has 0 saturated heterocycles. The number of benzene rings is 3. The van der Waals surface area contributed by atoms with Crippen LogP contribution in [0.3, 0.4) is 0 Å². The second-order valence-electron chi connectivity index (χ2n) is 7.33. The largest absolute Gasteiger partial charge is 0.508 e. The van der Waals surface area contributed by atoms with E-state index in [1.807, 2.05) is 6.07 Å². The summed E-state index contributed by atoms with van der Waals surface area (Å²) in [6.07, 6.45) is 1.76. The van der Waals surface area contributed by atoms with Crippen molar-refractivity contribution in [2.24, 2.45) is 5.90 Å². The third kappa shape index (κ3) is 4.58. The van der Waals surface area contributed by atoms with Crippen molar-refractivity contribution < 1.29 is 27.5 Å². The molecule has 4 rings (SSSR count). The maximum atomic E-state index is 13.7. The summed E-state index contributed by atoms with van der Waals surface area (Å²) in [5.74, 6) is 3.45. The van der Waals surface area contributed by atoms with E-state index in [4.69, 9.17) is 5.90 Å². The highest BCUT2D eigenvalue weighted by Crippen LogP contribution is 2.32. The van der Waals surface area contributed by atoms with Gasteiger partial charge in [-0.05, 0) is 71.1 Å². The maximum absolute atomic E-state index is 13.7. The molecule has 3 aromatic carbocycles. The number of aromatic hydroxyl groups is 1. The van der Waals surface area contributed by atoms with Gasteiger partial charge < -0.3 is 14.9 Å². The Bertz CT molecular complexity index is 1390. The van der Waals surface area contributed by atoms with Gasteiger partial charge in [0.25, 0.3) is 0 Å². The summed E-state index contributed by atoms with van der Waals surface area (Å²) in [6, 6.07) is 15.4. The molecule has 1 atom stereocenters. The third-order valence-electron chi connectivity index (χ3n) is 5.21. The summed E-state index contributed by atoms with van der Waals surface area (Å²) in [5, 5.41) is 10.4. The van der Waals surface area contributed by atoms with Crippen LogP contribution in [0.25, 0.3) is 10.9 Å². The molecule has 1 unspecified atom stereocenters. The van der Waals surface area contributed by atoms with Crippen LogP contribution in [0.2, 0.25) is 0 Å². The average molecular weight is 469 g/mol. The van der Waals surface area contributed by atoms with Crippen LogP contribution in [0, 0.1) is 5.82 Å². The van der Waals surface area contributed by atoms with Crippen LogP contribution >= 0.6 is 0 Å².